The lowest BCUT2D eigenvalue weighted by Crippen LogP contribution is -2.15. The van der Waals surface area contributed by atoms with Crippen LogP contribution in [0.25, 0.3) is 0 Å². The normalized spacial score (nSPS) is 29.7. The number of aliphatic hydroxyl groups excluding tert-OH is 1. The number of hydrogen-bond donors (Lipinski definition) is 1. The average Bonchev–Trinajstić information content (AvgIpc) is 2.58. The molecule has 0 spiro atoms. The van der Waals surface area contributed by atoms with Gasteiger partial charge < -0.3 is 5.11 Å². The zero-order valence-electron chi connectivity index (χ0n) is 8.88. The molecule has 0 heterocycles. The lowest BCUT2D eigenvalue weighted by Gasteiger charge is -2.19. The summed E-state index contributed by atoms with van der Waals surface area (Å²) in [5.41, 5.74) is 0.622. The Kier molecular flexibility index (Phi) is 3.57. The fraction of sp³-hybridized carbons (Fsp3) is 0.500. The highest BCUT2D eigenvalue weighted by molar-refractivity contribution is 9.10. The molecule has 3 unspecified atom stereocenters. The van der Waals surface area contributed by atoms with Crippen LogP contribution < -0.4 is 0 Å². The molecular formula is C12H13BrClFO. The van der Waals surface area contributed by atoms with Crippen LogP contribution >= 0.6 is 27.5 Å². The van der Waals surface area contributed by atoms with Crippen LogP contribution in [0.4, 0.5) is 4.39 Å². The Hall–Kier alpha value is -0.120. The van der Waals surface area contributed by atoms with Crippen LogP contribution in [0.3, 0.4) is 0 Å². The van der Waals surface area contributed by atoms with Crippen LogP contribution in [0.2, 0.25) is 5.02 Å². The predicted octanol–water partition coefficient (Wildman–Crippen LogP) is 4.12. The molecule has 0 radical (unpaired) electrons. The third-order valence-electron chi connectivity index (χ3n) is 3.48. The first-order valence-corrected chi connectivity index (χ1v) is 6.51. The van der Waals surface area contributed by atoms with E-state index < -0.39 is 0 Å². The van der Waals surface area contributed by atoms with E-state index in [1.807, 2.05) is 6.92 Å². The Bertz CT molecular complexity index is 410. The summed E-state index contributed by atoms with van der Waals surface area (Å²) in [6.07, 6.45) is 1.22. The van der Waals surface area contributed by atoms with Gasteiger partial charge in [-0.3, -0.25) is 0 Å². The predicted molar refractivity (Wildman–Crippen MR) is 66.3 cm³/mol. The van der Waals surface area contributed by atoms with Crippen molar-refractivity contribution < 1.29 is 9.50 Å². The van der Waals surface area contributed by atoms with Crippen LogP contribution in [0.1, 0.15) is 31.2 Å². The van der Waals surface area contributed by atoms with E-state index in [4.69, 9.17) is 11.6 Å². The number of halogens is 3. The third-order valence-corrected chi connectivity index (χ3v) is 4.74. The van der Waals surface area contributed by atoms with Crippen LogP contribution in [0, 0.1) is 11.7 Å². The zero-order chi connectivity index (χ0) is 11.9. The minimum absolute atomic E-state index is 0.0700. The summed E-state index contributed by atoms with van der Waals surface area (Å²) >= 11 is 9.06. The molecule has 1 aliphatic carbocycles. The highest BCUT2D eigenvalue weighted by atomic mass is 79.9. The van der Waals surface area contributed by atoms with Crippen LogP contribution in [0.15, 0.2) is 16.6 Å². The summed E-state index contributed by atoms with van der Waals surface area (Å²) in [5, 5.41) is 9.81. The first kappa shape index (κ1) is 12.3. The summed E-state index contributed by atoms with van der Waals surface area (Å²) < 4.78 is 14.5. The van der Waals surface area contributed by atoms with Crippen LogP contribution in [-0.2, 0) is 0 Å². The number of hydrogen-bond acceptors (Lipinski definition) is 1. The number of rotatable bonds is 1. The molecule has 88 valence electrons. The smallest absolute Gasteiger partial charge is 0.146 e. The van der Waals surface area contributed by atoms with Gasteiger partial charge in [-0.25, -0.2) is 4.39 Å². The Morgan fingerprint density at radius 3 is 2.69 bits per heavy atom. The van der Waals surface area contributed by atoms with E-state index in [0.717, 1.165) is 12.8 Å². The quantitative estimate of drug-likeness (QED) is 0.774. The maximum Gasteiger partial charge on any atom is 0.146 e. The Balaban J connectivity index is 2.38. The molecule has 1 nitrogen and oxygen atoms in total. The summed E-state index contributed by atoms with van der Waals surface area (Å²) in [6, 6.07) is 3.52. The molecule has 2 rings (SSSR count). The molecule has 4 heteroatoms. The van der Waals surface area contributed by atoms with Gasteiger partial charge in [-0.05, 0) is 52.2 Å². The minimum Gasteiger partial charge on any atom is -0.393 e. The molecule has 0 amide bonds. The second-order valence-electron chi connectivity index (χ2n) is 4.37. The largest absolute Gasteiger partial charge is 0.393 e. The number of benzene rings is 1. The molecule has 1 aromatic carbocycles. The van der Waals surface area contributed by atoms with E-state index in [1.165, 1.54) is 0 Å². The maximum atomic E-state index is 14.0. The van der Waals surface area contributed by atoms with Crippen LogP contribution in [-0.4, -0.2) is 11.2 Å². The van der Waals surface area contributed by atoms with Crippen molar-refractivity contribution in [2.75, 3.05) is 0 Å². The average molecular weight is 308 g/mol. The highest BCUT2D eigenvalue weighted by Gasteiger charge is 2.34. The van der Waals surface area contributed by atoms with E-state index >= 15 is 0 Å². The Labute approximate surface area is 108 Å². The SMILES string of the molecule is CC1C(O)CCC1c1ccc(Br)c(Cl)c1F. The van der Waals surface area contributed by atoms with Crippen molar-refractivity contribution in [1.29, 1.82) is 0 Å². The van der Waals surface area contributed by atoms with E-state index in [1.54, 1.807) is 12.1 Å². The van der Waals surface area contributed by atoms with Crippen molar-refractivity contribution in [3.8, 4) is 0 Å². The van der Waals surface area contributed by atoms with Crippen molar-refractivity contribution in [1.82, 2.24) is 0 Å². The first-order valence-electron chi connectivity index (χ1n) is 5.34. The van der Waals surface area contributed by atoms with Gasteiger partial charge in [-0.15, -0.1) is 0 Å². The third kappa shape index (κ3) is 2.01. The Morgan fingerprint density at radius 2 is 2.12 bits per heavy atom. The molecule has 0 aromatic heterocycles. The summed E-state index contributed by atoms with van der Waals surface area (Å²) in [5.74, 6) is -0.200. The molecule has 16 heavy (non-hydrogen) atoms. The van der Waals surface area contributed by atoms with E-state index in [0.29, 0.717) is 10.0 Å². The maximum absolute atomic E-state index is 14.0. The molecule has 1 fully saturated rings. The van der Waals surface area contributed by atoms with E-state index in [9.17, 15) is 9.50 Å². The monoisotopic (exact) mass is 306 g/mol. The van der Waals surface area contributed by atoms with Crippen molar-refractivity contribution >= 4 is 27.5 Å². The van der Waals surface area contributed by atoms with Gasteiger partial charge in [0, 0.05) is 4.47 Å². The topological polar surface area (TPSA) is 20.2 Å². The van der Waals surface area contributed by atoms with Gasteiger partial charge in [-0.2, -0.15) is 0 Å². The van der Waals surface area contributed by atoms with Gasteiger partial charge in [0.1, 0.15) is 5.82 Å². The van der Waals surface area contributed by atoms with Crippen molar-refractivity contribution in [2.24, 2.45) is 5.92 Å². The van der Waals surface area contributed by atoms with E-state index in [2.05, 4.69) is 15.9 Å². The lowest BCUT2D eigenvalue weighted by molar-refractivity contribution is 0.136. The van der Waals surface area contributed by atoms with Gasteiger partial charge in [-0.1, -0.05) is 24.6 Å². The standard InChI is InChI=1S/C12H13BrClFO/c1-6-7(3-5-10(6)16)8-2-4-9(13)11(14)12(8)15/h2,4,6-7,10,16H,3,5H2,1H3. The van der Waals surface area contributed by atoms with Gasteiger partial charge >= 0.3 is 0 Å². The molecule has 1 saturated carbocycles. The fourth-order valence-corrected chi connectivity index (χ4v) is 2.89. The van der Waals surface area contributed by atoms with Gasteiger partial charge in [0.05, 0.1) is 11.1 Å². The van der Waals surface area contributed by atoms with Gasteiger partial charge in [0.25, 0.3) is 0 Å². The van der Waals surface area contributed by atoms with Crippen molar-refractivity contribution in [2.45, 2.75) is 31.8 Å². The van der Waals surface area contributed by atoms with Gasteiger partial charge in [0.15, 0.2) is 0 Å². The zero-order valence-corrected chi connectivity index (χ0v) is 11.2. The Morgan fingerprint density at radius 1 is 1.44 bits per heavy atom. The van der Waals surface area contributed by atoms with E-state index in [-0.39, 0.29) is 28.8 Å². The van der Waals surface area contributed by atoms with Crippen LogP contribution in [0.5, 0.6) is 0 Å². The van der Waals surface area contributed by atoms with Crippen molar-refractivity contribution in [3.05, 3.63) is 33.0 Å². The first-order chi connectivity index (χ1) is 7.52. The minimum atomic E-state index is -0.359. The highest BCUT2D eigenvalue weighted by Crippen LogP contribution is 2.42. The molecule has 3 atom stereocenters. The second-order valence-corrected chi connectivity index (χ2v) is 5.61. The second kappa shape index (κ2) is 4.63. The molecule has 1 aliphatic rings. The summed E-state index contributed by atoms with van der Waals surface area (Å²) in [6.45, 7) is 1.96. The molecular weight excluding hydrogens is 294 g/mol. The van der Waals surface area contributed by atoms with Crippen molar-refractivity contribution in [3.63, 3.8) is 0 Å². The number of aliphatic hydroxyl groups is 1. The molecule has 1 aromatic rings. The molecule has 0 saturated heterocycles. The molecule has 0 bridgehead atoms. The summed E-state index contributed by atoms with van der Waals surface area (Å²) in [4.78, 5) is 0. The summed E-state index contributed by atoms with van der Waals surface area (Å²) in [7, 11) is 0. The fourth-order valence-electron chi connectivity index (χ4n) is 2.41. The van der Waals surface area contributed by atoms with Gasteiger partial charge in [0.2, 0.25) is 0 Å². The molecule has 1 N–H and O–H groups in total. The molecule has 0 aliphatic heterocycles. The lowest BCUT2D eigenvalue weighted by atomic mass is 9.89.